The van der Waals surface area contributed by atoms with Crippen molar-refractivity contribution in [2.75, 3.05) is 6.61 Å². The maximum absolute atomic E-state index is 9.40. The molecule has 0 radical (unpaired) electrons. The van der Waals surface area contributed by atoms with Crippen LogP contribution < -0.4 is 5.32 Å². The van der Waals surface area contributed by atoms with Gasteiger partial charge in [-0.05, 0) is 53.7 Å². The van der Waals surface area contributed by atoms with Gasteiger partial charge in [-0.1, -0.05) is 12.8 Å². The standard InChI is InChI=1S/C13H20BrNOS/c1-9(12-6-7-13(14)17-12)15-11-5-3-2-4-10(11)8-16/h6-7,9-11,15-16H,2-5,8H2,1H3. The Kier molecular flexibility index (Phi) is 5.03. The van der Waals surface area contributed by atoms with Crippen molar-refractivity contribution < 1.29 is 5.11 Å². The third-order valence-electron chi connectivity index (χ3n) is 3.63. The Hall–Kier alpha value is 0.1000. The summed E-state index contributed by atoms with van der Waals surface area (Å²) in [6.07, 6.45) is 4.91. The van der Waals surface area contributed by atoms with E-state index in [9.17, 15) is 5.11 Å². The van der Waals surface area contributed by atoms with Gasteiger partial charge in [-0.3, -0.25) is 0 Å². The molecule has 1 aromatic rings. The van der Waals surface area contributed by atoms with E-state index in [0.29, 0.717) is 24.6 Å². The van der Waals surface area contributed by atoms with Gasteiger partial charge in [-0.2, -0.15) is 0 Å². The molecule has 17 heavy (non-hydrogen) atoms. The number of nitrogens with one attached hydrogen (secondary N) is 1. The Bertz CT molecular complexity index is 355. The summed E-state index contributed by atoms with van der Waals surface area (Å²) in [5, 5.41) is 13.1. The zero-order valence-corrected chi connectivity index (χ0v) is 12.6. The monoisotopic (exact) mass is 317 g/mol. The van der Waals surface area contributed by atoms with Crippen molar-refractivity contribution >= 4 is 27.3 Å². The number of hydrogen-bond acceptors (Lipinski definition) is 3. The first-order valence-electron chi connectivity index (χ1n) is 6.33. The first-order chi connectivity index (χ1) is 8.20. The van der Waals surface area contributed by atoms with E-state index in [2.05, 4.69) is 40.3 Å². The molecule has 1 aromatic heterocycles. The SMILES string of the molecule is CC(NC1CCCCC1CO)c1ccc(Br)s1. The summed E-state index contributed by atoms with van der Waals surface area (Å²) >= 11 is 5.29. The lowest BCUT2D eigenvalue weighted by Crippen LogP contribution is -2.41. The van der Waals surface area contributed by atoms with Crippen LogP contribution in [0.4, 0.5) is 0 Å². The van der Waals surface area contributed by atoms with Crippen LogP contribution in [0.1, 0.15) is 43.5 Å². The summed E-state index contributed by atoms with van der Waals surface area (Å²) in [4.78, 5) is 1.36. The van der Waals surface area contributed by atoms with Gasteiger partial charge in [0.1, 0.15) is 0 Å². The van der Waals surface area contributed by atoms with E-state index in [1.807, 2.05) is 0 Å². The molecule has 2 N–H and O–H groups in total. The van der Waals surface area contributed by atoms with E-state index in [4.69, 9.17) is 0 Å². The molecule has 1 aliphatic carbocycles. The number of aliphatic hydroxyl groups excluding tert-OH is 1. The summed E-state index contributed by atoms with van der Waals surface area (Å²) in [6, 6.07) is 5.12. The summed E-state index contributed by atoms with van der Waals surface area (Å²) in [5.74, 6) is 0.439. The van der Waals surface area contributed by atoms with Crippen LogP contribution in [0.15, 0.2) is 15.9 Å². The van der Waals surface area contributed by atoms with Gasteiger partial charge in [-0.25, -0.2) is 0 Å². The number of halogens is 1. The van der Waals surface area contributed by atoms with Gasteiger partial charge >= 0.3 is 0 Å². The summed E-state index contributed by atoms with van der Waals surface area (Å²) in [6.45, 7) is 2.53. The average Bonchev–Trinajstić information content (AvgIpc) is 2.77. The average molecular weight is 318 g/mol. The molecular formula is C13H20BrNOS. The van der Waals surface area contributed by atoms with Crippen molar-refractivity contribution in [1.29, 1.82) is 0 Å². The molecule has 0 amide bonds. The highest BCUT2D eigenvalue weighted by molar-refractivity contribution is 9.11. The van der Waals surface area contributed by atoms with Gasteiger partial charge < -0.3 is 10.4 Å². The quantitative estimate of drug-likeness (QED) is 0.887. The van der Waals surface area contributed by atoms with Crippen LogP contribution in [0.3, 0.4) is 0 Å². The molecule has 96 valence electrons. The molecule has 0 aliphatic heterocycles. The van der Waals surface area contributed by atoms with Crippen molar-refractivity contribution in [3.05, 3.63) is 20.8 Å². The molecule has 0 bridgehead atoms. The van der Waals surface area contributed by atoms with E-state index in [1.165, 1.54) is 27.9 Å². The van der Waals surface area contributed by atoms with Crippen molar-refractivity contribution in [1.82, 2.24) is 5.32 Å². The van der Waals surface area contributed by atoms with Crippen molar-refractivity contribution in [3.63, 3.8) is 0 Å². The Morgan fingerprint density at radius 2 is 2.24 bits per heavy atom. The molecule has 3 unspecified atom stereocenters. The second-order valence-electron chi connectivity index (χ2n) is 4.86. The predicted molar refractivity (Wildman–Crippen MR) is 76.4 cm³/mol. The zero-order valence-electron chi connectivity index (χ0n) is 10.2. The summed E-state index contributed by atoms with van der Waals surface area (Å²) < 4.78 is 1.18. The molecule has 3 atom stereocenters. The van der Waals surface area contributed by atoms with Gasteiger partial charge in [0.25, 0.3) is 0 Å². The van der Waals surface area contributed by atoms with Gasteiger partial charge in [-0.15, -0.1) is 11.3 Å². The molecule has 1 aliphatic rings. The molecule has 0 spiro atoms. The predicted octanol–water partition coefficient (Wildman–Crippen LogP) is 3.71. The van der Waals surface area contributed by atoms with Crippen LogP contribution >= 0.6 is 27.3 Å². The Morgan fingerprint density at radius 1 is 1.47 bits per heavy atom. The molecule has 4 heteroatoms. The van der Waals surface area contributed by atoms with Gasteiger partial charge in [0.2, 0.25) is 0 Å². The molecule has 2 nitrogen and oxygen atoms in total. The molecule has 2 rings (SSSR count). The minimum Gasteiger partial charge on any atom is -0.396 e. The topological polar surface area (TPSA) is 32.3 Å². The van der Waals surface area contributed by atoms with Gasteiger partial charge in [0.05, 0.1) is 3.79 Å². The first-order valence-corrected chi connectivity index (χ1v) is 7.94. The van der Waals surface area contributed by atoms with E-state index in [0.717, 1.165) is 6.42 Å². The largest absolute Gasteiger partial charge is 0.396 e. The van der Waals surface area contributed by atoms with E-state index < -0.39 is 0 Å². The third kappa shape index (κ3) is 3.53. The highest BCUT2D eigenvalue weighted by Crippen LogP contribution is 2.30. The minimum atomic E-state index is 0.318. The lowest BCUT2D eigenvalue weighted by Gasteiger charge is -2.33. The fourth-order valence-electron chi connectivity index (χ4n) is 2.61. The second-order valence-corrected chi connectivity index (χ2v) is 7.36. The van der Waals surface area contributed by atoms with Crippen LogP contribution in [-0.4, -0.2) is 17.8 Å². The lowest BCUT2D eigenvalue weighted by atomic mass is 9.84. The smallest absolute Gasteiger partial charge is 0.0701 e. The maximum atomic E-state index is 9.40. The summed E-state index contributed by atoms with van der Waals surface area (Å²) in [5.41, 5.74) is 0. The van der Waals surface area contributed by atoms with E-state index >= 15 is 0 Å². The van der Waals surface area contributed by atoms with Crippen LogP contribution in [0.2, 0.25) is 0 Å². The highest BCUT2D eigenvalue weighted by Gasteiger charge is 2.25. The van der Waals surface area contributed by atoms with Crippen LogP contribution in [0.25, 0.3) is 0 Å². The van der Waals surface area contributed by atoms with Crippen molar-refractivity contribution in [2.45, 2.75) is 44.7 Å². The van der Waals surface area contributed by atoms with Crippen LogP contribution in [0.5, 0.6) is 0 Å². The number of hydrogen-bond donors (Lipinski definition) is 2. The lowest BCUT2D eigenvalue weighted by molar-refractivity contribution is 0.147. The number of rotatable bonds is 4. The third-order valence-corrected chi connectivity index (χ3v) is 5.43. The van der Waals surface area contributed by atoms with Crippen LogP contribution in [0, 0.1) is 5.92 Å². The zero-order chi connectivity index (χ0) is 12.3. The fourth-order valence-corrected chi connectivity index (χ4v) is 4.04. The van der Waals surface area contributed by atoms with Crippen molar-refractivity contribution in [3.8, 4) is 0 Å². The molecule has 1 fully saturated rings. The van der Waals surface area contributed by atoms with Gasteiger partial charge in [0, 0.05) is 23.6 Å². The Morgan fingerprint density at radius 3 is 2.88 bits per heavy atom. The highest BCUT2D eigenvalue weighted by atomic mass is 79.9. The number of aliphatic hydroxyl groups is 1. The molecule has 1 heterocycles. The maximum Gasteiger partial charge on any atom is 0.0701 e. The Labute approximate surface area is 116 Å². The minimum absolute atomic E-state index is 0.318. The fraction of sp³-hybridized carbons (Fsp3) is 0.692. The summed E-state index contributed by atoms with van der Waals surface area (Å²) in [7, 11) is 0. The Balaban J connectivity index is 1.94. The van der Waals surface area contributed by atoms with Crippen LogP contribution in [-0.2, 0) is 0 Å². The number of thiophene rings is 1. The first kappa shape index (κ1) is 13.5. The normalized spacial score (nSPS) is 27.0. The van der Waals surface area contributed by atoms with E-state index in [1.54, 1.807) is 11.3 Å². The molecule has 0 aromatic carbocycles. The van der Waals surface area contributed by atoms with Crippen molar-refractivity contribution in [2.24, 2.45) is 5.92 Å². The van der Waals surface area contributed by atoms with Gasteiger partial charge in [0.15, 0.2) is 0 Å². The molecule has 1 saturated carbocycles. The van der Waals surface area contributed by atoms with E-state index in [-0.39, 0.29) is 0 Å². The molecule has 0 saturated heterocycles. The molecular weight excluding hydrogens is 298 g/mol. The second kappa shape index (κ2) is 6.32.